The maximum atomic E-state index is 14.0. The number of hydrogen-bond acceptors (Lipinski definition) is 8. The molecule has 3 heterocycles. The monoisotopic (exact) mass is 627 g/mol. The largest absolute Gasteiger partial charge is 0.465 e. The molecule has 7 nitrogen and oxygen atoms in total. The number of thioether (sulfide) groups is 1. The number of ether oxygens (including phenoxy) is 1. The lowest BCUT2D eigenvalue weighted by atomic mass is 10.1. The summed E-state index contributed by atoms with van der Waals surface area (Å²) in [4.78, 5) is 45.8. The second-order valence-corrected chi connectivity index (χ2v) is 12.1. The number of carbonyl (C=O) groups excluding carboxylic acids is 2. The van der Waals surface area contributed by atoms with Crippen molar-refractivity contribution in [1.82, 2.24) is 9.55 Å². The summed E-state index contributed by atoms with van der Waals surface area (Å²) in [6.45, 7) is 0. The van der Waals surface area contributed by atoms with Gasteiger partial charge in [0.15, 0.2) is 5.16 Å². The number of nitrogens with zero attached hydrogens (tertiary/aromatic N) is 2. The highest BCUT2D eigenvalue weighted by molar-refractivity contribution is 7.99. The lowest BCUT2D eigenvalue weighted by Crippen LogP contribution is -2.22. The van der Waals surface area contributed by atoms with Gasteiger partial charge in [-0.15, -0.1) is 22.7 Å². The van der Waals surface area contributed by atoms with Crippen LogP contribution < -0.4 is 10.9 Å². The van der Waals surface area contributed by atoms with Gasteiger partial charge in [0.2, 0.25) is 5.91 Å². The van der Waals surface area contributed by atoms with E-state index in [1.165, 1.54) is 46.5 Å². The number of nitrogens with one attached hydrogen (secondary N) is 1. The minimum absolute atomic E-state index is 0.0693. The van der Waals surface area contributed by atoms with E-state index in [0.717, 1.165) is 22.2 Å². The lowest BCUT2D eigenvalue weighted by Gasteiger charge is -2.13. The predicted molar refractivity (Wildman–Crippen MR) is 171 cm³/mol. The molecule has 11 heteroatoms. The average Bonchev–Trinajstić information content (AvgIpc) is 3.66. The van der Waals surface area contributed by atoms with E-state index in [2.05, 4.69) is 5.32 Å². The van der Waals surface area contributed by atoms with Crippen molar-refractivity contribution in [2.24, 2.45) is 0 Å². The average molecular weight is 628 g/mol. The fraction of sp³-hybridized carbons (Fsp3) is 0.0625. The second kappa shape index (κ2) is 12.3. The molecule has 0 aliphatic rings. The molecule has 0 unspecified atom stereocenters. The number of halogens is 1. The Morgan fingerprint density at radius 3 is 2.37 bits per heavy atom. The lowest BCUT2D eigenvalue weighted by molar-refractivity contribution is -0.113. The molecule has 0 atom stereocenters. The fourth-order valence-electron chi connectivity index (χ4n) is 4.50. The zero-order valence-electron chi connectivity index (χ0n) is 22.6. The van der Waals surface area contributed by atoms with Crippen LogP contribution in [0.5, 0.6) is 0 Å². The third kappa shape index (κ3) is 5.87. The van der Waals surface area contributed by atoms with Crippen molar-refractivity contribution in [3.8, 4) is 27.3 Å². The molecule has 0 bridgehead atoms. The van der Waals surface area contributed by atoms with Crippen molar-refractivity contribution in [2.45, 2.75) is 5.16 Å². The standard InChI is InChI=1S/C32H22FN3O4S3/c1-40-31(39)23-16-25(20-8-4-2-5-9-20)43-28(23)34-26(37)18-42-32-35-29-27(30(38)36(32)22-10-6-3-7-11-22)24(17-41-29)19-12-14-21(33)15-13-19/h2-17H,18H2,1H3,(H,34,37). The summed E-state index contributed by atoms with van der Waals surface area (Å²) >= 11 is 3.70. The van der Waals surface area contributed by atoms with Crippen LogP contribution in [0.4, 0.5) is 9.39 Å². The van der Waals surface area contributed by atoms with Crippen LogP contribution >= 0.6 is 34.4 Å². The minimum atomic E-state index is -0.555. The van der Waals surface area contributed by atoms with Crippen LogP contribution in [-0.2, 0) is 9.53 Å². The van der Waals surface area contributed by atoms with Crippen LogP contribution in [-0.4, -0.2) is 34.3 Å². The first kappa shape index (κ1) is 28.5. The van der Waals surface area contributed by atoms with Crippen LogP contribution in [0.2, 0.25) is 0 Å². The molecule has 0 radical (unpaired) electrons. The van der Waals surface area contributed by atoms with Crippen LogP contribution in [0, 0.1) is 5.82 Å². The third-order valence-corrected chi connectivity index (χ3v) is 9.44. The number of thiophene rings is 2. The van der Waals surface area contributed by atoms with E-state index < -0.39 is 5.97 Å². The topological polar surface area (TPSA) is 90.3 Å². The molecule has 214 valence electrons. The normalized spacial score (nSPS) is 11.0. The van der Waals surface area contributed by atoms with Gasteiger partial charge in [0.1, 0.15) is 15.6 Å². The van der Waals surface area contributed by atoms with Gasteiger partial charge in [0.25, 0.3) is 5.56 Å². The van der Waals surface area contributed by atoms with E-state index in [0.29, 0.717) is 37.2 Å². The van der Waals surface area contributed by atoms with Crippen LogP contribution in [0.15, 0.2) is 106 Å². The zero-order valence-corrected chi connectivity index (χ0v) is 25.0. The van der Waals surface area contributed by atoms with Gasteiger partial charge in [-0.2, -0.15) is 0 Å². The second-order valence-electron chi connectivity index (χ2n) is 9.25. The van der Waals surface area contributed by atoms with E-state index in [9.17, 15) is 18.8 Å². The van der Waals surface area contributed by atoms with Gasteiger partial charge in [0, 0.05) is 15.8 Å². The highest BCUT2D eigenvalue weighted by Crippen LogP contribution is 2.37. The van der Waals surface area contributed by atoms with E-state index >= 15 is 0 Å². The number of esters is 1. The number of rotatable bonds is 8. The first-order valence-electron chi connectivity index (χ1n) is 13.0. The third-order valence-electron chi connectivity index (χ3n) is 6.53. The van der Waals surface area contributed by atoms with Crippen molar-refractivity contribution in [3.05, 3.63) is 118 Å². The van der Waals surface area contributed by atoms with Crippen molar-refractivity contribution in [1.29, 1.82) is 0 Å². The fourth-order valence-corrected chi connectivity index (χ4v) is 7.37. The number of para-hydroxylation sites is 1. The van der Waals surface area contributed by atoms with Gasteiger partial charge in [-0.25, -0.2) is 14.2 Å². The van der Waals surface area contributed by atoms with Gasteiger partial charge in [-0.3, -0.25) is 14.2 Å². The van der Waals surface area contributed by atoms with Crippen LogP contribution in [0.1, 0.15) is 10.4 Å². The molecule has 0 saturated carbocycles. The summed E-state index contributed by atoms with van der Waals surface area (Å²) in [7, 11) is 1.29. The number of hydrogen-bond donors (Lipinski definition) is 1. The molecule has 1 N–H and O–H groups in total. The summed E-state index contributed by atoms with van der Waals surface area (Å²) in [6.07, 6.45) is 0. The minimum Gasteiger partial charge on any atom is -0.465 e. The maximum absolute atomic E-state index is 14.0. The molecule has 1 amide bonds. The number of fused-ring (bicyclic) bond motifs is 1. The summed E-state index contributed by atoms with van der Waals surface area (Å²) in [5, 5.41) is 5.81. The molecule has 0 fully saturated rings. The van der Waals surface area contributed by atoms with E-state index in [1.807, 2.05) is 53.9 Å². The number of amides is 1. The Bertz CT molecular complexity index is 2000. The van der Waals surface area contributed by atoms with Gasteiger partial charge < -0.3 is 10.1 Å². The smallest absolute Gasteiger partial charge is 0.340 e. The number of benzene rings is 3. The summed E-state index contributed by atoms with van der Waals surface area (Å²) in [5.41, 5.74) is 2.85. The SMILES string of the molecule is COC(=O)c1cc(-c2ccccc2)sc1NC(=O)CSc1nc2scc(-c3ccc(F)cc3)c2c(=O)n1-c1ccccc1. The van der Waals surface area contributed by atoms with Crippen molar-refractivity contribution < 1.29 is 18.7 Å². The van der Waals surface area contributed by atoms with Gasteiger partial charge in [0.05, 0.1) is 29.5 Å². The Hall–Kier alpha value is -4.58. The summed E-state index contributed by atoms with van der Waals surface area (Å²) < 4.78 is 20.0. The van der Waals surface area contributed by atoms with Gasteiger partial charge >= 0.3 is 5.97 Å². The molecular formula is C32H22FN3O4S3. The molecule has 6 aromatic rings. The number of carbonyl (C=O) groups is 2. The Kier molecular flexibility index (Phi) is 8.19. The van der Waals surface area contributed by atoms with Crippen LogP contribution in [0.25, 0.3) is 37.5 Å². The highest BCUT2D eigenvalue weighted by Gasteiger charge is 2.22. The van der Waals surface area contributed by atoms with Crippen LogP contribution in [0.3, 0.4) is 0 Å². The molecule has 43 heavy (non-hydrogen) atoms. The Labute approximate surface area is 257 Å². The van der Waals surface area contributed by atoms with Gasteiger partial charge in [-0.1, -0.05) is 72.4 Å². The van der Waals surface area contributed by atoms with E-state index in [-0.39, 0.29) is 28.6 Å². The van der Waals surface area contributed by atoms with E-state index in [4.69, 9.17) is 9.72 Å². The Morgan fingerprint density at radius 1 is 0.977 bits per heavy atom. The van der Waals surface area contributed by atoms with Crippen molar-refractivity contribution in [3.63, 3.8) is 0 Å². The highest BCUT2D eigenvalue weighted by atomic mass is 32.2. The predicted octanol–water partition coefficient (Wildman–Crippen LogP) is 7.50. The maximum Gasteiger partial charge on any atom is 0.340 e. The molecule has 6 rings (SSSR count). The molecule has 0 aliphatic heterocycles. The van der Waals surface area contributed by atoms with Gasteiger partial charge in [-0.05, 0) is 41.5 Å². The quantitative estimate of drug-likeness (QED) is 0.107. The van der Waals surface area contributed by atoms with Crippen molar-refractivity contribution in [2.75, 3.05) is 18.2 Å². The Morgan fingerprint density at radius 2 is 1.67 bits per heavy atom. The molecular weight excluding hydrogens is 606 g/mol. The molecule has 3 aromatic heterocycles. The summed E-state index contributed by atoms with van der Waals surface area (Å²) in [6, 6.07) is 26.3. The number of anilines is 1. The molecule has 0 aliphatic carbocycles. The number of methoxy groups -OCH3 is 1. The first-order chi connectivity index (χ1) is 20.9. The first-order valence-corrected chi connectivity index (χ1v) is 15.7. The van der Waals surface area contributed by atoms with Crippen molar-refractivity contribution >= 4 is 61.5 Å². The summed E-state index contributed by atoms with van der Waals surface area (Å²) in [5.74, 6) is -1.36. The number of aromatic nitrogens is 2. The van der Waals surface area contributed by atoms with E-state index in [1.54, 1.807) is 30.3 Å². The Balaban J connectivity index is 1.32. The molecule has 0 saturated heterocycles. The zero-order chi connectivity index (χ0) is 29.9. The molecule has 0 spiro atoms. The molecule has 3 aromatic carbocycles.